The number of rotatable bonds is 4. The average Bonchev–Trinajstić information content (AvgIpc) is 2.47. The third-order valence-electron chi connectivity index (χ3n) is 1.88. The van der Waals surface area contributed by atoms with Crippen molar-refractivity contribution in [1.29, 1.82) is 0 Å². The minimum absolute atomic E-state index is 0.0958. The van der Waals surface area contributed by atoms with Crippen molar-refractivity contribution in [3.05, 3.63) is 18.0 Å². The summed E-state index contributed by atoms with van der Waals surface area (Å²) in [5, 5.41) is 6.67. The lowest BCUT2D eigenvalue weighted by atomic mass is 10.2. The van der Waals surface area contributed by atoms with E-state index in [-0.39, 0.29) is 12.6 Å². The van der Waals surface area contributed by atoms with Gasteiger partial charge in [-0.3, -0.25) is 4.68 Å². The van der Waals surface area contributed by atoms with Gasteiger partial charge in [0.15, 0.2) is 0 Å². The third-order valence-corrected chi connectivity index (χ3v) is 1.88. The van der Waals surface area contributed by atoms with Crippen LogP contribution in [0.1, 0.15) is 18.7 Å². The molecule has 0 bridgehead atoms. The Morgan fingerprint density at radius 2 is 2.31 bits per heavy atom. The van der Waals surface area contributed by atoms with E-state index in [1.165, 1.54) is 0 Å². The standard InChI is InChI=1S/C8H13F2N3/c1-6(11-5-8(9)10)7-3-4-12-13(7)2/h3-4,6,8,11H,5H2,1-2H3. The van der Waals surface area contributed by atoms with Crippen LogP contribution in [0.25, 0.3) is 0 Å². The van der Waals surface area contributed by atoms with Crippen LogP contribution in [0.5, 0.6) is 0 Å². The maximum atomic E-state index is 11.9. The summed E-state index contributed by atoms with van der Waals surface area (Å²) in [6, 6.07) is 1.71. The molecule has 0 saturated heterocycles. The molecule has 0 amide bonds. The minimum Gasteiger partial charge on any atom is -0.303 e. The molecule has 0 aromatic carbocycles. The highest BCUT2D eigenvalue weighted by Gasteiger charge is 2.10. The van der Waals surface area contributed by atoms with Gasteiger partial charge in [-0.2, -0.15) is 5.10 Å². The summed E-state index contributed by atoms with van der Waals surface area (Å²) < 4.78 is 25.4. The molecule has 1 aromatic rings. The first-order valence-corrected chi connectivity index (χ1v) is 4.10. The number of hydrogen-bond donors (Lipinski definition) is 1. The Hall–Kier alpha value is -0.970. The van der Waals surface area contributed by atoms with Crippen LogP contribution >= 0.6 is 0 Å². The van der Waals surface area contributed by atoms with Crippen molar-refractivity contribution in [3.63, 3.8) is 0 Å². The number of halogens is 2. The molecular weight excluding hydrogens is 176 g/mol. The highest BCUT2D eigenvalue weighted by atomic mass is 19.3. The van der Waals surface area contributed by atoms with Gasteiger partial charge in [0.25, 0.3) is 6.43 Å². The van der Waals surface area contributed by atoms with Gasteiger partial charge in [0, 0.05) is 19.3 Å². The van der Waals surface area contributed by atoms with Gasteiger partial charge in [0.2, 0.25) is 0 Å². The number of aryl methyl sites for hydroxylation is 1. The van der Waals surface area contributed by atoms with Crippen LogP contribution in [0.2, 0.25) is 0 Å². The molecule has 13 heavy (non-hydrogen) atoms. The highest BCUT2D eigenvalue weighted by Crippen LogP contribution is 2.09. The van der Waals surface area contributed by atoms with Gasteiger partial charge in [0.05, 0.1) is 12.2 Å². The first-order chi connectivity index (χ1) is 6.11. The van der Waals surface area contributed by atoms with E-state index in [9.17, 15) is 8.78 Å². The molecule has 1 atom stereocenters. The van der Waals surface area contributed by atoms with Crippen molar-refractivity contribution in [1.82, 2.24) is 15.1 Å². The topological polar surface area (TPSA) is 29.9 Å². The van der Waals surface area contributed by atoms with Crippen molar-refractivity contribution in [2.75, 3.05) is 6.54 Å². The van der Waals surface area contributed by atoms with Crippen molar-refractivity contribution >= 4 is 0 Å². The van der Waals surface area contributed by atoms with Crippen LogP contribution in [0.4, 0.5) is 8.78 Å². The van der Waals surface area contributed by atoms with Crippen LogP contribution in [-0.2, 0) is 7.05 Å². The van der Waals surface area contributed by atoms with Gasteiger partial charge >= 0.3 is 0 Å². The molecule has 0 aliphatic carbocycles. The monoisotopic (exact) mass is 189 g/mol. The van der Waals surface area contributed by atoms with Gasteiger partial charge in [0.1, 0.15) is 0 Å². The molecule has 0 radical (unpaired) electrons. The summed E-state index contributed by atoms with van der Waals surface area (Å²) in [4.78, 5) is 0. The van der Waals surface area contributed by atoms with E-state index in [0.29, 0.717) is 0 Å². The zero-order valence-corrected chi connectivity index (χ0v) is 7.67. The molecule has 74 valence electrons. The zero-order chi connectivity index (χ0) is 9.84. The predicted octanol–water partition coefficient (Wildman–Crippen LogP) is 1.34. The summed E-state index contributed by atoms with van der Waals surface area (Å²) in [6.07, 6.45) is -0.661. The SMILES string of the molecule is CC(NCC(F)F)c1ccnn1C. The summed E-state index contributed by atoms with van der Waals surface area (Å²) in [7, 11) is 1.79. The van der Waals surface area contributed by atoms with Crippen molar-refractivity contribution in [3.8, 4) is 0 Å². The molecule has 0 aliphatic rings. The molecule has 0 fully saturated rings. The first-order valence-electron chi connectivity index (χ1n) is 4.10. The average molecular weight is 189 g/mol. The summed E-state index contributed by atoms with van der Waals surface area (Å²) in [5.74, 6) is 0. The normalized spacial score (nSPS) is 13.6. The lowest BCUT2D eigenvalue weighted by Crippen LogP contribution is -2.26. The maximum Gasteiger partial charge on any atom is 0.250 e. The molecule has 1 unspecified atom stereocenters. The first kappa shape index (κ1) is 10.1. The highest BCUT2D eigenvalue weighted by molar-refractivity contribution is 5.05. The fraction of sp³-hybridized carbons (Fsp3) is 0.625. The van der Waals surface area contributed by atoms with Gasteiger partial charge in [-0.15, -0.1) is 0 Å². The van der Waals surface area contributed by atoms with Crippen LogP contribution in [0.15, 0.2) is 12.3 Å². The summed E-state index contributed by atoms with van der Waals surface area (Å²) in [5.41, 5.74) is 0.903. The Balaban J connectivity index is 2.49. The second-order valence-electron chi connectivity index (χ2n) is 2.90. The Labute approximate surface area is 75.7 Å². The molecule has 1 heterocycles. The van der Waals surface area contributed by atoms with E-state index in [0.717, 1.165) is 5.69 Å². The molecule has 1 rings (SSSR count). The van der Waals surface area contributed by atoms with Gasteiger partial charge in [-0.05, 0) is 13.0 Å². The molecule has 3 nitrogen and oxygen atoms in total. The van der Waals surface area contributed by atoms with Gasteiger partial charge in [-0.1, -0.05) is 0 Å². The molecular formula is C8H13F2N3. The largest absolute Gasteiger partial charge is 0.303 e. The van der Waals surface area contributed by atoms with Crippen molar-refractivity contribution in [2.24, 2.45) is 7.05 Å². The number of nitrogens with one attached hydrogen (secondary N) is 1. The second kappa shape index (κ2) is 4.32. The number of alkyl halides is 2. The molecule has 1 N–H and O–H groups in total. The fourth-order valence-electron chi connectivity index (χ4n) is 1.18. The number of aromatic nitrogens is 2. The van der Waals surface area contributed by atoms with E-state index in [2.05, 4.69) is 10.4 Å². The molecule has 0 aliphatic heterocycles. The zero-order valence-electron chi connectivity index (χ0n) is 7.67. The Morgan fingerprint density at radius 3 is 2.77 bits per heavy atom. The van der Waals surface area contributed by atoms with E-state index in [1.54, 1.807) is 17.9 Å². The van der Waals surface area contributed by atoms with Crippen LogP contribution in [0.3, 0.4) is 0 Å². The van der Waals surface area contributed by atoms with Crippen molar-refractivity contribution < 1.29 is 8.78 Å². The number of hydrogen-bond acceptors (Lipinski definition) is 2. The maximum absolute atomic E-state index is 11.9. The van der Waals surface area contributed by atoms with E-state index >= 15 is 0 Å². The van der Waals surface area contributed by atoms with E-state index in [1.807, 2.05) is 13.0 Å². The van der Waals surface area contributed by atoms with E-state index < -0.39 is 6.43 Å². The summed E-state index contributed by atoms with van der Waals surface area (Å²) in [6.45, 7) is 1.55. The van der Waals surface area contributed by atoms with Crippen molar-refractivity contribution in [2.45, 2.75) is 19.4 Å². The fourth-order valence-corrected chi connectivity index (χ4v) is 1.18. The molecule has 1 aromatic heterocycles. The molecule has 0 saturated carbocycles. The van der Waals surface area contributed by atoms with Crippen LogP contribution in [-0.4, -0.2) is 22.8 Å². The Kier molecular flexibility index (Phi) is 3.36. The van der Waals surface area contributed by atoms with Crippen LogP contribution in [0, 0.1) is 0 Å². The Morgan fingerprint density at radius 1 is 1.62 bits per heavy atom. The quantitative estimate of drug-likeness (QED) is 0.774. The van der Waals surface area contributed by atoms with Gasteiger partial charge < -0.3 is 5.32 Å². The molecule has 0 spiro atoms. The number of nitrogens with zero attached hydrogens (tertiary/aromatic N) is 2. The lowest BCUT2D eigenvalue weighted by molar-refractivity contribution is 0.141. The molecule has 5 heteroatoms. The Bertz CT molecular complexity index is 260. The minimum atomic E-state index is -2.31. The summed E-state index contributed by atoms with van der Waals surface area (Å²) >= 11 is 0. The predicted molar refractivity (Wildman–Crippen MR) is 45.6 cm³/mol. The third kappa shape index (κ3) is 2.77. The van der Waals surface area contributed by atoms with Gasteiger partial charge in [-0.25, -0.2) is 8.78 Å². The van der Waals surface area contributed by atoms with Crippen LogP contribution < -0.4 is 5.32 Å². The van der Waals surface area contributed by atoms with E-state index in [4.69, 9.17) is 0 Å². The second-order valence-corrected chi connectivity index (χ2v) is 2.90. The lowest BCUT2D eigenvalue weighted by Gasteiger charge is -2.13. The smallest absolute Gasteiger partial charge is 0.250 e.